The van der Waals surface area contributed by atoms with E-state index in [1.807, 2.05) is 0 Å². The smallest absolute Gasteiger partial charge is 0.252 e. The molecule has 1 heterocycles. The highest BCUT2D eigenvalue weighted by Crippen LogP contribution is 2.23. The molecule has 0 bridgehead atoms. The van der Waals surface area contributed by atoms with Crippen molar-refractivity contribution in [3.05, 3.63) is 29.1 Å². The molecule has 0 unspecified atom stereocenters. The third kappa shape index (κ3) is 1.99. The number of nitrogens with zero attached hydrogens (tertiary/aromatic N) is 1. The molecule has 13 heavy (non-hydrogen) atoms. The summed E-state index contributed by atoms with van der Waals surface area (Å²) in [5.41, 5.74) is -1.23. The predicted molar refractivity (Wildman–Crippen MR) is 41.7 cm³/mol. The van der Waals surface area contributed by atoms with Crippen molar-refractivity contribution in [2.75, 3.05) is 0 Å². The Kier molecular flexibility index (Phi) is 3.24. The number of hydrogen-bond acceptors (Lipinski definition) is 1. The highest BCUT2D eigenvalue weighted by Gasteiger charge is 2.20. The van der Waals surface area contributed by atoms with E-state index in [0.29, 0.717) is 0 Å². The molecule has 0 spiro atoms. The van der Waals surface area contributed by atoms with Crippen LogP contribution in [0.2, 0.25) is 0 Å². The van der Waals surface area contributed by atoms with Crippen LogP contribution in [-0.4, -0.2) is 4.98 Å². The van der Waals surface area contributed by atoms with Crippen molar-refractivity contribution < 1.29 is 17.6 Å². The summed E-state index contributed by atoms with van der Waals surface area (Å²) in [7, 11) is 0. The van der Waals surface area contributed by atoms with Gasteiger partial charge < -0.3 is 0 Å². The van der Waals surface area contributed by atoms with Crippen LogP contribution in [0, 0.1) is 11.6 Å². The summed E-state index contributed by atoms with van der Waals surface area (Å²) in [6.45, 7) is 0. The number of aromatic nitrogens is 1. The quantitative estimate of drug-likeness (QED) is 0.586. The van der Waals surface area contributed by atoms with E-state index in [1.165, 1.54) is 0 Å². The van der Waals surface area contributed by atoms with Gasteiger partial charge in [-0.05, 0) is 0 Å². The molecule has 0 saturated heterocycles. The lowest BCUT2D eigenvalue weighted by molar-refractivity contribution is 0.139. The molecule has 0 aliphatic heterocycles. The number of alkyl halides is 3. The zero-order chi connectivity index (χ0) is 10.0. The molecule has 1 nitrogen and oxygen atoms in total. The Morgan fingerprint density at radius 1 is 1.31 bits per heavy atom. The molecule has 0 fully saturated rings. The average molecular weight is 258 g/mol. The molecule has 1 aromatic rings. The number of halogens is 5. The zero-order valence-corrected chi connectivity index (χ0v) is 7.78. The molecular weight excluding hydrogens is 254 g/mol. The van der Waals surface area contributed by atoms with Gasteiger partial charge in [-0.1, -0.05) is 15.9 Å². The van der Waals surface area contributed by atoms with Crippen LogP contribution in [0.15, 0.2) is 6.20 Å². The maximum atomic E-state index is 12.8. The minimum Gasteiger partial charge on any atom is -0.252 e. The molecule has 6 heteroatoms. The number of hydrogen-bond donors (Lipinski definition) is 0. The van der Waals surface area contributed by atoms with Gasteiger partial charge in [0, 0.05) is 17.1 Å². The van der Waals surface area contributed by atoms with E-state index in [-0.39, 0.29) is 10.9 Å². The maximum absolute atomic E-state index is 12.8. The Hall–Kier alpha value is -0.650. The van der Waals surface area contributed by atoms with Crippen LogP contribution in [0.4, 0.5) is 17.6 Å². The summed E-state index contributed by atoms with van der Waals surface area (Å²) in [6.07, 6.45) is -2.21. The summed E-state index contributed by atoms with van der Waals surface area (Å²) in [5, 5.41) is 0.0340. The lowest BCUT2D eigenvalue weighted by Crippen LogP contribution is -2.02. The first-order valence-corrected chi connectivity index (χ1v) is 4.37. The fourth-order valence-electron chi connectivity index (χ4n) is 0.760. The van der Waals surface area contributed by atoms with Gasteiger partial charge in [0.1, 0.15) is 5.69 Å². The van der Waals surface area contributed by atoms with Gasteiger partial charge in [-0.15, -0.1) is 0 Å². The first kappa shape index (κ1) is 10.4. The first-order valence-electron chi connectivity index (χ1n) is 3.24. The molecule has 0 aliphatic rings. The second-order valence-electron chi connectivity index (χ2n) is 2.23. The van der Waals surface area contributed by atoms with E-state index in [2.05, 4.69) is 20.9 Å². The summed E-state index contributed by atoms with van der Waals surface area (Å²) in [5.74, 6) is -2.85. The minimum atomic E-state index is -3.10. The molecule has 0 atom stereocenters. The Morgan fingerprint density at radius 2 is 1.92 bits per heavy atom. The summed E-state index contributed by atoms with van der Waals surface area (Å²) in [6, 6.07) is 0. The lowest BCUT2D eigenvalue weighted by Gasteiger charge is -2.04. The maximum Gasteiger partial charge on any atom is 0.283 e. The van der Waals surface area contributed by atoms with Crippen molar-refractivity contribution in [2.45, 2.75) is 11.8 Å². The van der Waals surface area contributed by atoms with E-state index in [4.69, 9.17) is 0 Å². The summed E-state index contributed by atoms with van der Waals surface area (Å²) >= 11 is 2.87. The van der Waals surface area contributed by atoms with Gasteiger partial charge in [0.2, 0.25) is 0 Å². The van der Waals surface area contributed by atoms with Gasteiger partial charge in [-0.25, -0.2) is 17.6 Å². The van der Waals surface area contributed by atoms with Crippen molar-refractivity contribution in [3.8, 4) is 0 Å². The zero-order valence-electron chi connectivity index (χ0n) is 6.20. The normalized spacial score (nSPS) is 10.9. The monoisotopic (exact) mass is 257 g/mol. The molecule has 0 saturated carbocycles. The van der Waals surface area contributed by atoms with Crippen LogP contribution in [-0.2, 0) is 5.33 Å². The van der Waals surface area contributed by atoms with Gasteiger partial charge in [-0.3, -0.25) is 4.98 Å². The van der Waals surface area contributed by atoms with Crippen LogP contribution in [0.5, 0.6) is 0 Å². The molecule has 1 aromatic heterocycles. The molecule has 0 amide bonds. The Labute approximate surface area is 79.9 Å². The molecule has 72 valence electrons. The first-order chi connectivity index (χ1) is 6.07. The Bertz CT molecular complexity index is 316. The minimum absolute atomic E-state index is 0.0340. The van der Waals surface area contributed by atoms with Crippen LogP contribution >= 0.6 is 15.9 Å². The van der Waals surface area contributed by atoms with Gasteiger partial charge >= 0.3 is 0 Å². The average Bonchev–Trinajstić information content (AvgIpc) is 2.09. The van der Waals surface area contributed by atoms with E-state index in [1.54, 1.807) is 0 Å². The lowest BCUT2D eigenvalue weighted by atomic mass is 10.2. The van der Waals surface area contributed by atoms with Gasteiger partial charge in [0.15, 0.2) is 11.6 Å². The van der Waals surface area contributed by atoms with Crippen LogP contribution in [0.3, 0.4) is 0 Å². The SMILES string of the molecule is Fc1c(CBr)cnc(C(F)F)c1F. The third-order valence-corrected chi connectivity index (χ3v) is 2.01. The van der Waals surface area contributed by atoms with Crippen LogP contribution < -0.4 is 0 Å². The van der Waals surface area contributed by atoms with E-state index < -0.39 is 23.8 Å². The summed E-state index contributed by atoms with van der Waals surface area (Å²) < 4.78 is 49.5. The van der Waals surface area contributed by atoms with Crippen molar-refractivity contribution >= 4 is 15.9 Å². The molecule has 0 aromatic carbocycles. The fourth-order valence-corrected chi connectivity index (χ4v) is 1.15. The summed E-state index contributed by atoms with van der Waals surface area (Å²) in [4.78, 5) is 3.11. The van der Waals surface area contributed by atoms with Crippen LogP contribution in [0.25, 0.3) is 0 Å². The highest BCUT2D eigenvalue weighted by atomic mass is 79.9. The molecule has 0 aliphatic carbocycles. The van der Waals surface area contributed by atoms with Gasteiger partial charge in [0.05, 0.1) is 0 Å². The fraction of sp³-hybridized carbons (Fsp3) is 0.286. The molecular formula is C7H4BrF4N. The van der Waals surface area contributed by atoms with Crippen LogP contribution in [0.1, 0.15) is 17.7 Å². The third-order valence-electron chi connectivity index (χ3n) is 1.41. The van der Waals surface area contributed by atoms with E-state index >= 15 is 0 Å². The molecule has 0 radical (unpaired) electrons. The van der Waals surface area contributed by atoms with E-state index in [0.717, 1.165) is 6.20 Å². The molecule has 0 N–H and O–H groups in total. The molecule has 1 rings (SSSR count). The standard InChI is InChI=1S/C7H4BrF4N/c8-1-3-2-13-6(7(11)12)5(10)4(3)9/h2,7H,1H2. The van der Waals surface area contributed by atoms with Crippen molar-refractivity contribution in [3.63, 3.8) is 0 Å². The predicted octanol–water partition coefficient (Wildman–Crippen LogP) is 3.19. The number of rotatable bonds is 2. The second kappa shape index (κ2) is 4.04. The second-order valence-corrected chi connectivity index (χ2v) is 2.79. The van der Waals surface area contributed by atoms with Crippen molar-refractivity contribution in [1.82, 2.24) is 4.98 Å². The van der Waals surface area contributed by atoms with Gasteiger partial charge in [0.25, 0.3) is 6.43 Å². The Balaban J connectivity index is 3.23. The Morgan fingerprint density at radius 3 is 2.38 bits per heavy atom. The highest BCUT2D eigenvalue weighted by molar-refractivity contribution is 9.08. The number of pyridine rings is 1. The topological polar surface area (TPSA) is 12.9 Å². The van der Waals surface area contributed by atoms with Gasteiger partial charge in [-0.2, -0.15) is 0 Å². The largest absolute Gasteiger partial charge is 0.283 e. The van der Waals surface area contributed by atoms with Crippen molar-refractivity contribution in [2.24, 2.45) is 0 Å². The van der Waals surface area contributed by atoms with Crippen molar-refractivity contribution in [1.29, 1.82) is 0 Å². The van der Waals surface area contributed by atoms with E-state index in [9.17, 15) is 17.6 Å².